The van der Waals surface area contributed by atoms with Gasteiger partial charge in [0.25, 0.3) is 0 Å². The number of aromatic nitrogens is 1. The highest BCUT2D eigenvalue weighted by molar-refractivity contribution is 5.53. The number of hydrogen-bond acceptors (Lipinski definition) is 4. The zero-order chi connectivity index (χ0) is 11.8. The molecule has 0 spiro atoms. The van der Waals surface area contributed by atoms with E-state index in [-0.39, 0.29) is 0 Å². The van der Waals surface area contributed by atoms with E-state index in [9.17, 15) is 0 Å². The van der Waals surface area contributed by atoms with Crippen LogP contribution in [0.3, 0.4) is 0 Å². The minimum atomic E-state index is 0.374. The van der Waals surface area contributed by atoms with Crippen molar-refractivity contribution >= 4 is 11.5 Å². The maximum atomic E-state index is 5.89. The molecular weight excluding hydrogens is 214 g/mol. The van der Waals surface area contributed by atoms with Crippen LogP contribution in [0.4, 0.5) is 11.5 Å². The van der Waals surface area contributed by atoms with Crippen molar-refractivity contribution in [1.29, 1.82) is 0 Å². The van der Waals surface area contributed by atoms with Gasteiger partial charge in [0.1, 0.15) is 5.82 Å². The molecule has 0 aromatic carbocycles. The van der Waals surface area contributed by atoms with Crippen molar-refractivity contribution in [3.63, 3.8) is 0 Å². The topological polar surface area (TPSA) is 60.2 Å². The average molecular weight is 233 g/mol. The van der Waals surface area contributed by atoms with E-state index in [1.807, 2.05) is 19.2 Å². The molecule has 2 aliphatic rings. The molecule has 2 heterocycles. The number of nitrogens with one attached hydrogen (secondary N) is 1. The molecule has 4 heteroatoms. The SMILES string of the molecule is Cc1cnc(NC2CCOC2C2CC2)cc1N. The fourth-order valence-electron chi connectivity index (χ4n) is 2.46. The number of nitrogens with zero attached hydrogens (tertiary/aromatic N) is 1. The molecule has 0 radical (unpaired) electrons. The van der Waals surface area contributed by atoms with Crippen LogP contribution in [-0.4, -0.2) is 23.7 Å². The van der Waals surface area contributed by atoms with Gasteiger partial charge in [-0.1, -0.05) is 0 Å². The molecule has 0 amide bonds. The Bertz CT molecular complexity index is 417. The number of nitrogens with two attached hydrogens (primary N) is 1. The first kappa shape index (κ1) is 10.8. The average Bonchev–Trinajstić information content (AvgIpc) is 3.05. The van der Waals surface area contributed by atoms with E-state index < -0.39 is 0 Å². The quantitative estimate of drug-likeness (QED) is 0.837. The van der Waals surface area contributed by atoms with E-state index in [1.165, 1.54) is 12.8 Å². The number of ether oxygens (including phenoxy) is 1. The maximum Gasteiger partial charge on any atom is 0.128 e. The van der Waals surface area contributed by atoms with Crippen LogP contribution in [0.15, 0.2) is 12.3 Å². The van der Waals surface area contributed by atoms with Gasteiger partial charge in [-0.15, -0.1) is 0 Å². The van der Waals surface area contributed by atoms with E-state index >= 15 is 0 Å². The van der Waals surface area contributed by atoms with E-state index in [0.29, 0.717) is 12.1 Å². The van der Waals surface area contributed by atoms with Gasteiger partial charge in [-0.05, 0) is 37.7 Å². The summed E-state index contributed by atoms with van der Waals surface area (Å²) in [7, 11) is 0. The lowest BCUT2D eigenvalue weighted by atomic mass is 10.1. The highest BCUT2D eigenvalue weighted by atomic mass is 16.5. The van der Waals surface area contributed by atoms with E-state index in [4.69, 9.17) is 10.5 Å². The molecule has 3 N–H and O–H groups in total. The van der Waals surface area contributed by atoms with Crippen LogP contribution in [0.5, 0.6) is 0 Å². The second-order valence-electron chi connectivity index (χ2n) is 5.14. The van der Waals surface area contributed by atoms with Gasteiger partial charge in [0, 0.05) is 24.6 Å². The van der Waals surface area contributed by atoms with Gasteiger partial charge in [-0.2, -0.15) is 0 Å². The van der Waals surface area contributed by atoms with Crippen molar-refractivity contribution in [2.24, 2.45) is 5.92 Å². The van der Waals surface area contributed by atoms with Crippen LogP contribution in [0.2, 0.25) is 0 Å². The predicted octanol–water partition coefficient (Wildman–Crippen LogP) is 1.95. The number of rotatable bonds is 3. The molecule has 4 nitrogen and oxygen atoms in total. The summed E-state index contributed by atoms with van der Waals surface area (Å²) in [6.07, 6.45) is 5.88. The minimum absolute atomic E-state index is 0.374. The third-order valence-electron chi connectivity index (χ3n) is 3.70. The summed E-state index contributed by atoms with van der Waals surface area (Å²) in [6.45, 7) is 2.83. The molecule has 1 aromatic heterocycles. The summed E-state index contributed by atoms with van der Waals surface area (Å²) >= 11 is 0. The van der Waals surface area contributed by atoms with Gasteiger partial charge in [0.2, 0.25) is 0 Å². The predicted molar refractivity (Wildman–Crippen MR) is 67.9 cm³/mol. The first-order valence-electron chi connectivity index (χ1n) is 6.34. The van der Waals surface area contributed by atoms with Crippen molar-refractivity contribution in [2.75, 3.05) is 17.7 Å². The molecule has 1 aromatic rings. The summed E-state index contributed by atoms with van der Waals surface area (Å²) in [4.78, 5) is 4.37. The molecule has 1 saturated heterocycles. The smallest absolute Gasteiger partial charge is 0.128 e. The lowest BCUT2D eigenvalue weighted by Crippen LogP contribution is -2.31. The van der Waals surface area contributed by atoms with Crippen LogP contribution in [0.25, 0.3) is 0 Å². The van der Waals surface area contributed by atoms with Crippen LogP contribution in [-0.2, 0) is 4.74 Å². The van der Waals surface area contributed by atoms with Crippen LogP contribution in [0.1, 0.15) is 24.8 Å². The monoisotopic (exact) mass is 233 g/mol. The van der Waals surface area contributed by atoms with Gasteiger partial charge >= 0.3 is 0 Å². The van der Waals surface area contributed by atoms with Crippen molar-refractivity contribution < 1.29 is 4.74 Å². The summed E-state index contributed by atoms with van der Waals surface area (Å²) < 4.78 is 5.79. The Hall–Kier alpha value is -1.29. The van der Waals surface area contributed by atoms with Crippen LogP contribution >= 0.6 is 0 Å². The Balaban J connectivity index is 1.70. The molecule has 3 rings (SSSR count). The van der Waals surface area contributed by atoms with Crippen molar-refractivity contribution in [3.8, 4) is 0 Å². The summed E-state index contributed by atoms with van der Waals surface area (Å²) in [6, 6.07) is 2.31. The van der Waals surface area contributed by atoms with Crippen LogP contribution in [0, 0.1) is 12.8 Å². The van der Waals surface area contributed by atoms with Gasteiger partial charge < -0.3 is 15.8 Å². The molecule has 2 unspecified atom stereocenters. The molecule has 2 atom stereocenters. The van der Waals surface area contributed by atoms with E-state index in [2.05, 4.69) is 10.3 Å². The highest BCUT2D eigenvalue weighted by Crippen LogP contribution is 2.39. The number of nitrogen functional groups attached to an aromatic ring is 1. The van der Waals surface area contributed by atoms with Gasteiger partial charge in [0.15, 0.2) is 0 Å². The van der Waals surface area contributed by atoms with Crippen molar-refractivity contribution in [2.45, 2.75) is 38.3 Å². The third-order valence-corrected chi connectivity index (χ3v) is 3.70. The zero-order valence-corrected chi connectivity index (χ0v) is 10.1. The Morgan fingerprint density at radius 2 is 2.24 bits per heavy atom. The molecule has 1 aliphatic carbocycles. The Kier molecular flexibility index (Phi) is 2.67. The minimum Gasteiger partial charge on any atom is -0.398 e. The normalized spacial score (nSPS) is 28.3. The Labute approximate surface area is 102 Å². The maximum absolute atomic E-state index is 5.89. The first-order valence-corrected chi connectivity index (χ1v) is 6.34. The molecular formula is C13H19N3O. The largest absolute Gasteiger partial charge is 0.398 e. The fraction of sp³-hybridized carbons (Fsp3) is 0.615. The molecule has 92 valence electrons. The number of hydrogen-bond donors (Lipinski definition) is 2. The second kappa shape index (κ2) is 4.18. The summed E-state index contributed by atoms with van der Waals surface area (Å²) in [5, 5.41) is 3.46. The highest BCUT2D eigenvalue weighted by Gasteiger charge is 2.40. The zero-order valence-electron chi connectivity index (χ0n) is 10.1. The molecule has 2 fully saturated rings. The molecule has 0 bridgehead atoms. The second-order valence-corrected chi connectivity index (χ2v) is 5.14. The number of pyridine rings is 1. The van der Waals surface area contributed by atoms with E-state index in [1.54, 1.807) is 0 Å². The molecule has 1 aliphatic heterocycles. The Morgan fingerprint density at radius 3 is 2.94 bits per heavy atom. The van der Waals surface area contributed by atoms with E-state index in [0.717, 1.165) is 36.0 Å². The Morgan fingerprint density at radius 1 is 1.41 bits per heavy atom. The lowest BCUT2D eigenvalue weighted by molar-refractivity contribution is 0.0898. The fourth-order valence-corrected chi connectivity index (χ4v) is 2.46. The van der Waals surface area contributed by atoms with Gasteiger partial charge in [-0.25, -0.2) is 4.98 Å². The van der Waals surface area contributed by atoms with Gasteiger partial charge in [-0.3, -0.25) is 0 Å². The van der Waals surface area contributed by atoms with Crippen molar-refractivity contribution in [3.05, 3.63) is 17.8 Å². The first-order chi connectivity index (χ1) is 8.24. The third kappa shape index (κ3) is 2.22. The summed E-state index contributed by atoms with van der Waals surface area (Å²) in [5.41, 5.74) is 7.71. The molecule has 17 heavy (non-hydrogen) atoms. The standard InChI is InChI=1S/C13H19N3O/c1-8-7-15-12(6-10(8)14)16-11-4-5-17-13(11)9-2-3-9/h6-7,9,11,13H,2-5H2,1H3,(H3,14,15,16). The lowest BCUT2D eigenvalue weighted by Gasteiger charge is -2.20. The number of aryl methyl sites for hydroxylation is 1. The van der Waals surface area contributed by atoms with Crippen molar-refractivity contribution in [1.82, 2.24) is 4.98 Å². The van der Waals surface area contributed by atoms with Crippen LogP contribution < -0.4 is 11.1 Å². The number of anilines is 2. The molecule has 1 saturated carbocycles. The summed E-state index contributed by atoms with van der Waals surface area (Å²) in [5.74, 6) is 1.63. The van der Waals surface area contributed by atoms with Gasteiger partial charge in [0.05, 0.1) is 12.1 Å².